The molecule has 2 heterocycles. The van der Waals surface area contributed by atoms with Gasteiger partial charge in [-0.2, -0.15) is 0 Å². The standard InChI is InChI=1S/C25H23N5OS/c1-3-17-30-23(20-13-15-26-16-14-20)28-29-25(30)32-18(2)24(31)27-22-12-8-7-11-21(22)19-9-5-4-6-10-19/h3-16,18H,1,17H2,2H3,(H,27,31)/t18-/m0/s1. The Kier molecular flexibility index (Phi) is 6.77. The van der Waals surface area contributed by atoms with Crippen molar-refractivity contribution in [2.24, 2.45) is 0 Å². The summed E-state index contributed by atoms with van der Waals surface area (Å²) >= 11 is 1.37. The molecule has 0 aliphatic heterocycles. The second kappa shape index (κ2) is 10.1. The summed E-state index contributed by atoms with van der Waals surface area (Å²) in [5.41, 5.74) is 3.72. The first-order valence-electron chi connectivity index (χ1n) is 10.2. The van der Waals surface area contributed by atoms with E-state index in [0.29, 0.717) is 11.7 Å². The molecular formula is C25H23N5OS. The lowest BCUT2D eigenvalue weighted by molar-refractivity contribution is -0.115. The zero-order chi connectivity index (χ0) is 22.3. The second-order valence-corrected chi connectivity index (χ2v) is 8.41. The number of anilines is 1. The van der Waals surface area contributed by atoms with Gasteiger partial charge < -0.3 is 5.32 Å². The monoisotopic (exact) mass is 441 g/mol. The number of hydrogen-bond donors (Lipinski definition) is 1. The Morgan fingerprint density at radius 3 is 2.50 bits per heavy atom. The molecule has 1 atom stereocenters. The van der Waals surface area contributed by atoms with Gasteiger partial charge in [-0.15, -0.1) is 16.8 Å². The minimum Gasteiger partial charge on any atom is -0.325 e. The Morgan fingerprint density at radius 2 is 1.75 bits per heavy atom. The number of amides is 1. The van der Waals surface area contributed by atoms with Gasteiger partial charge in [0.15, 0.2) is 11.0 Å². The largest absolute Gasteiger partial charge is 0.325 e. The van der Waals surface area contributed by atoms with E-state index in [1.54, 1.807) is 18.5 Å². The van der Waals surface area contributed by atoms with Crippen LogP contribution in [0.1, 0.15) is 6.92 Å². The van der Waals surface area contributed by atoms with Gasteiger partial charge in [0.1, 0.15) is 0 Å². The summed E-state index contributed by atoms with van der Waals surface area (Å²) in [7, 11) is 0. The lowest BCUT2D eigenvalue weighted by Gasteiger charge is -2.15. The third-order valence-electron chi connectivity index (χ3n) is 4.89. The second-order valence-electron chi connectivity index (χ2n) is 7.10. The van der Waals surface area contributed by atoms with E-state index in [9.17, 15) is 4.79 Å². The molecule has 1 N–H and O–H groups in total. The summed E-state index contributed by atoms with van der Waals surface area (Å²) < 4.78 is 1.95. The van der Waals surface area contributed by atoms with E-state index < -0.39 is 0 Å². The quantitative estimate of drug-likeness (QED) is 0.296. The molecule has 0 spiro atoms. The van der Waals surface area contributed by atoms with E-state index in [-0.39, 0.29) is 11.2 Å². The molecule has 0 saturated carbocycles. The summed E-state index contributed by atoms with van der Waals surface area (Å²) in [5, 5.41) is 12.0. The molecular weight excluding hydrogens is 418 g/mol. The average molecular weight is 442 g/mol. The summed E-state index contributed by atoms with van der Waals surface area (Å²) in [5.74, 6) is 0.619. The Labute approximate surface area is 191 Å². The first kappa shape index (κ1) is 21.5. The highest BCUT2D eigenvalue weighted by Crippen LogP contribution is 2.30. The minimum atomic E-state index is -0.378. The van der Waals surface area contributed by atoms with Crippen LogP contribution in [0.2, 0.25) is 0 Å². The number of benzene rings is 2. The Bertz CT molecular complexity index is 1210. The normalized spacial score (nSPS) is 11.7. The van der Waals surface area contributed by atoms with E-state index in [2.05, 4.69) is 27.1 Å². The van der Waals surface area contributed by atoms with Gasteiger partial charge in [0.05, 0.1) is 5.25 Å². The number of rotatable bonds is 8. The number of carbonyl (C=O) groups is 1. The molecule has 0 aliphatic rings. The molecule has 0 radical (unpaired) electrons. The molecule has 0 bridgehead atoms. The minimum absolute atomic E-state index is 0.100. The van der Waals surface area contributed by atoms with Gasteiger partial charge in [-0.05, 0) is 30.7 Å². The van der Waals surface area contributed by atoms with Crippen LogP contribution in [0, 0.1) is 0 Å². The molecule has 160 valence electrons. The maximum atomic E-state index is 13.0. The van der Waals surface area contributed by atoms with E-state index >= 15 is 0 Å². The van der Waals surface area contributed by atoms with Gasteiger partial charge in [-0.25, -0.2) is 0 Å². The van der Waals surface area contributed by atoms with Crippen molar-refractivity contribution in [3.05, 3.63) is 91.8 Å². The first-order valence-corrected chi connectivity index (χ1v) is 11.1. The lowest BCUT2D eigenvalue weighted by Crippen LogP contribution is -2.23. The highest BCUT2D eigenvalue weighted by atomic mass is 32.2. The van der Waals surface area contributed by atoms with Gasteiger partial charge >= 0.3 is 0 Å². The van der Waals surface area contributed by atoms with Crippen LogP contribution >= 0.6 is 11.8 Å². The Morgan fingerprint density at radius 1 is 1.03 bits per heavy atom. The molecule has 7 heteroatoms. The number of aromatic nitrogens is 4. The fraction of sp³-hybridized carbons (Fsp3) is 0.120. The van der Waals surface area contributed by atoms with Crippen LogP contribution in [0.3, 0.4) is 0 Å². The van der Waals surface area contributed by atoms with Crippen LogP contribution in [0.25, 0.3) is 22.5 Å². The number of hydrogen-bond acceptors (Lipinski definition) is 5. The van der Waals surface area contributed by atoms with Gasteiger partial charge in [-0.1, -0.05) is 66.4 Å². The number of para-hydroxylation sites is 1. The zero-order valence-corrected chi connectivity index (χ0v) is 18.5. The number of allylic oxidation sites excluding steroid dienone is 1. The van der Waals surface area contributed by atoms with E-state index in [4.69, 9.17) is 0 Å². The molecule has 0 aliphatic carbocycles. The van der Waals surface area contributed by atoms with Gasteiger partial charge in [0.25, 0.3) is 0 Å². The summed E-state index contributed by atoms with van der Waals surface area (Å²) in [6.07, 6.45) is 5.23. The lowest BCUT2D eigenvalue weighted by atomic mass is 10.0. The van der Waals surface area contributed by atoms with Crippen LogP contribution in [-0.2, 0) is 11.3 Å². The Hall–Kier alpha value is -3.71. The van der Waals surface area contributed by atoms with Crippen molar-refractivity contribution in [3.63, 3.8) is 0 Å². The summed E-state index contributed by atoms with van der Waals surface area (Å²) in [4.78, 5) is 17.1. The zero-order valence-electron chi connectivity index (χ0n) is 17.7. The number of thioether (sulfide) groups is 1. The van der Waals surface area contributed by atoms with Crippen molar-refractivity contribution < 1.29 is 4.79 Å². The first-order chi connectivity index (χ1) is 15.7. The molecule has 0 fully saturated rings. The molecule has 0 saturated heterocycles. The van der Waals surface area contributed by atoms with Crippen LogP contribution in [0.4, 0.5) is 5.69 Å². The van der Waals surface area contributed by atoms with Crippen molar-refractivity contribution in [3.8, 4) is 22.5 Å². The average Bonchev–Trinajstić information content (AvgIpc) is 3.23. The summed E-state index contributed by atoms with van der Waals surface area (Å²) in [6.45, 7) is 6.25. The van der Waals surface area contributed by atoms with Gasteiger partial charge in [0, 0.05) is 35.8 Å². The highest BCUT2D eigenvalue weighted by Gasteiger charge is 2.21. The van der Waals surface area contributed by atoms with Crippen LogP contribution < -0.4 is 5.32 Å². The van der Waals surface area contributed by atoms with Crippen LogP contribution in [-0.4, -0.2) is 30.9 Å². The van der Waals surface area contributed by atoms with E-state index in [0.717, 1.165) is 28.2 Å². The van der Waals surface area contributed by atoms with Crippen molar-refractivity contribution in [2.75, 3.05) is 5.32 Å². The van der Waals surface area contributed by atoms with E-state index in [1.165, 1.54) is 11.8 Å². The maximum absolute atomic E-state index is 13.0. The third-order valence-corrected chi connectivity index (χ3v) is 5.97. The fourth-order valence-electron chi connectivity index (χ4n) is 3.29. The molecule has 0 unspecified atom stereocenters. The molecule has 2 aromatic carbocycles. The molecule has 4 aromatic rings. The maximum Gasteiger partial charge on any atom is 0.237 e. The van der Waals surface area contributed by atoms with Crippen LogP contribution in [0.15, 0.2) is 96.9 Å². The van der Waals surface area contributed by atoms with Crippen molar-refractivity contribution in [2.45, 2.75) is 23.9 Å². The predicted octanol–water partition coefficient (Wildman–Crippen LogP) is 5.31. The topological polar surface area (TPSA) is 72.7 Å². The van der Waals surface area contributed by atoms with E-state index in [1.807, 2.05) is 78.2 Å². The van der Waals surface area contributed by atoms with Crippen LogP contribution in [0.5, 0.6) is 0 Å². The molecule has 32 heavy (non-hydrogen) atoms. The molecule has 4 rings (SSSR count). The Balaban J connectivity index is 1.53. The van der Waals surface area contributed by atoms with Crippen molar-refractivity contribution in [1.82, 2.24) is 19.7 Å². The third kappa shape index (κ3) is 4.78. The number of carbonyl (C=O) groups excluding carboxylic acids is 1. The number of nitrogens with zero attached hydrogens (tertiary/aromatic N) is 4. The van der Waals surface area contributed by atoms with Crippen molar-refractivity contribution in [1.29, 1.82) is 0 Å². The molecule has 1 amide bonds. The smallest absolute Gasteiger partial charge is 0.237 e. The molecule has 6 nitrogen and oxygen atoms in total. The van der Waals surface area contributed by atoms with Gasteiger partial charge in [0.2, 0.25) is 5.91 Å². The summed E-state index contributed by atoms with van der Waals surface area (Å²) in [6, 6.07) is 21.6. The fourth-order valence-corrected chi connectivity index (χ4v) is 4.15. The van der Waals surface area contributed by atoms with Crippen molar-refractivity contribution >= 4 is 23.4 Å². The number of pyridine rings is 1. The number of nitrogens with one attached hydrogen (secondary N) is 1. The highest BCUT2D eigenvalue weighted by molar-refractivity contribution is 8.00. The predicted molar refractivity (Wildman–Crippen MR) is 129 cm³/mol. The SMILES string of the molecule is C=CCn1c(S[C@@H](C)C(=O)Nc2ccccc2-c2ccccc2)nnc1-c1ccncc1. The van der Waals surface area contributed by atoms with Gasteiger partial charge in [-0.3, -0.25) is 14.3 Å². The molecule has 2 aromatic heterocycles.